The van der Waals surface area contributed by atoms with Gasteiger partial charge in [0.2, 0.25) is 0 Å². The minimum Gasteiger partial charge on any atom is -1.00 e. The van der Waals surface area contributed by atoms with Gasteiger partial charge in [-0.3, -0.25) is 0 Å². The summed E-state index contributed by atoms with van der Waals surface area (Å²) in [4.78, 5) is 12.9. The number of alkyl halides is 1. The molecule has 1 aromatic rings. The van der Waals surface area contributed by atoms with Crippen molar-refractivity contribution in [1.82, 2.24) is 29.2 Å². The van der Waals surface area contributed by atoms with Crippen LogP contribution in [0.5, 0.6) is 0 Å². The van der Waals surface area contributed by atoms with E-state index in [1.165, 1.54) is 76.2 Å². The molecule has 2 aliphatic rings. The van der Waals surface area contributed by atoms with Gasteiger partial charge in [-0.15, -0.1) is 0 Å². The van der Waals surface area contributed by atoms with Crippen LogP contribution in [-0.2, 0) is 7.05 Å². The van der Waals surface area contributed by atoms with Gasteiger partial charge in [0.1, 0.15) is 0 Å². The molecular formula is C27H53B2Br2F8LiN6-2. The molecule has 0 saturated heterocycles. The van der Waals surface area contributed by atoms with Crippen LogP contribution in [0.25, 0.3) is 0 Å². The van der Waals surface area contributed by atoms with Gasteiger partial charge in [0, 0.05) is 76.8 Å². The zero-order valence-electron chi connectivity index (χ0n) is 28.6. The summed E-state index contributed by atoms with van der Waals surface area (Å²) in [5, 5.41) is 1.17. The summed E-state index contributed by atoms with van der Waals surface area (Å²) in [5.74, 6) is 0. The molecule has 0 aliphatic carbocycles. The Hall–Kier alpha value is -0.983. The van der Waals surface area contributed by atoms with Crippen molar-refractivity contribution in [3.63, 3.8) is 0 Å². The van der Waals surface area contributed by atoms with E-state index in [1.54, 1.807) is 12.5 Å². The third-order valence-corrected chi connectivity index (χ3v) is 5.91. The molecule has 6 nitrogen and oxygen atoms in total. The van der Waals surface area contributed by atoms with Gasteiger partial charge in [-0.05, 0) is 19.3 Å². The number of rotatable bonds is 11. The molecule has 0 radical (unpaired) electrons. The van der Waals surface area contributed by atoms with Crippen LogP contribution in [0.4, 0.5) is 34.5 Å². The molecule has 0 saturated carbocycles. The van der Waals surface area contributed by atoms with Gasteiger partial charge >= 0.3 is 33.4 Å². The largest absolute Gasteiger partial charge is 1.00 e. The van der Waals surface area contributed by atoms with Crippen molar-refractivity contribution >= 4 is 30.4 Å². The third-order valence-electron chi connectivity index (χ3n) is 5.34. The number of hydrogen-bond acceptors (Lipinski definition) is 5. The number of unbranched alkanes of at least 4 members (excludes halogenated alkanes) is 6. The summed E-state index contributed by atoms with van der Waals surface area (Å²) < 4.78 is 79.9. The molecule has 0 fully saturated rings. The van der Waals surface area contributed by atoms with Crippen LogP contribution >= 0.6 is 15.9 Å². The van der Waals surface area contributed by atoms with Gasteiger partial charge < -0.3 is 75.7 Å². The Balaban J connectivity index is -0.000000150. The summed E-state index contributed by atoms with van der Waals surface area (Å²) >= 11 is 3.35. The van der Waals surface area contributed by atoms with E-state index in [1.807, 2.05) is 17.8 Å². The predicted molar refractivity (Wildman–Crippen MR) is 173 cm³/mol. The first-order chi connectivity index (χ1) is 20.5. The van der Waals surface area contributed by atoms with Crippen molar-refractivity contribution in [3.05, 3.63) is 43.5 Å². The second-order valence-electron chi connectivity index (χ2n) is 10.0. The third kappa shape index (κ3) is 55.4. The van der Waals surface area contributed by atoms with Crippen molar-refractivity contribution in [2.24, 2.45) is 7.05 Å². The predicted octanol–water partition coefficient (Wildman–Crippen LogP) is 3.31. The van der Waals surface area contributed by atoms with Crippen molar-refractivity contribution in [3.8, 4) is 0 Å². The first-order valence-electron chi connectivity index (χ1n) is 14.9. The van der Waals surface area contributed by atoms with E-state index in [4.69, 9.17) is 0 Å². The first-order valence-corrected chi connectivity index (χ1v) is 16.1. The minimum atomic E-state index is -6.00. The maximum absolute atomic E-state index is 9.75. The molecule has 0 amide bonds. The van der Waals surface area contributed by atoms with Gasteiger partial charge in [0.15, 0.2) is 0 Å². The molecule has 2 aliphatic heterocycles. The van der Waals surface area contributed by atoms with Gasteiger partial charge in [-0.2, -0.15) is 0 Å². The van der Waals surface area contributed by atoms with Crippen molar-refractivity contribution < 1.29 is 70.4 Å². The maximum atomic E-state index is 9.75. The fraction of sp³-hybridized carbons (Fsp3) is 0.741. The summed E-state index contributed by atoms with van der Waals surface area (Å²) in [6.45, 7) is 11.3. The summed E-state index contributed by atoms with van der Waals surface area (Å²) in [5.41, 5.74) is 0. The first kappa shape index (κ1) is 54.5. The number of imidazole rings is 1. The molecule has 0 atom stereocenters. The quantitative estimate of drug-likeness (QED) is 0.149. The van der Waals surface area contributed by atoms with Gasteiger partial charge in [-0.1, -0.05) is 75.2 Å². The fourth-order valence-electron chi connectivity index (χ4n) is 3.27. The van der Waals surface area contributed by atoms with Crippen LogP contribution in [-0.4, -0.2) is 89.5 Å². The molecule has 0 unspecified atom stereocenters. The number of aryl methyl sites for hydroxylation is 1. The molecule has 0 N–H and O–H groups in total. The monoisotopic (exact) mass is 800 g/mol. The molecule has 19 heteroatoms. The van der Waals surface area contributed by atoms with E-state index in [9.17, 15) is 34.5 Å². The Morgan fingerprint density at radius 2 is 0.978 bits per heavy atom. The summed E-state index contributed by atoms with van der Waals surface area (Å²) in [6, 6.07) is 0. The van der Waals surface area contributed by atoms with Crippen LogP contribution in [0.3, 0.4) is 0 Å². The van der Waals surface area contributed by atoms with Gasteiger partial charge in [-0.25, -0.2) is 4.98 Å². The van der Waals surface area contributed by atoms with E-state index < -0.39 is 14.5 Å². The molecular weight excluding hydrogens is 749 g/mol. The number of nitrogens with zero attached hydrogens (tertiary/aromatic N) is 6. The topological polar surface area (TPSA) is 30.8 Å². The van der Waals surface area contributed by atoms with Gasteiger partial charge in [0.05, 0.1) is 19.7 Å². The van der Waals surface area contributed by atoms with Crippen molar-refractivity contribution in [1.29, 1.82) is 0 Å². The molecule has 0 spiro atoms. The number of halogens is 10. The van der Waals surface area contributed by atoms with Crippen molar-refractivity contribution in [2.75, 3.05) is 45.9 Å². The Labute approximate surface area is 303 Å². The van der Waals surface area contributed by atoms with Crippen LogP contribution in [0.1, 0.15) is 78.6 Å². The molecule has 270 valence electrons. The Kier molecular flexibility index (Phi) is 41.8. The van der Waals surface area contributed by atoms with E-state index in [-0.39, 0.29) is 35.8 Å². The molecule has 0 bridgehead atoms. The number of aromatic nitrogens is 2. The molecule has 3 rings (SSSR count). The maximum Gasteiger partial charge on any atom is 1.00 e. The average molecular weight is 802 g/mol. The summed E-state index contributed by atoms with van der Waals surface area (Å²) in [7, 11) is -5.85. The molecule has 46 heavy (non-hydrogen) atoms. The molecule has 1 aromatic heterocycles. The zero-order chi connectivity index (χ0) is 34.4. The number of hydrogen-bond donors (Lipinski definition) is 0. The Bertz CT molecular complexity index is 739. The molecule has 0 aromatic carbocycles. The van der Waals surface area contributed by atoms with Crippen LogP contribution in [0.2, 0.25) is 0 Å². The standard InChI is InChI=1S/2C9H18N2.C5H11Br.C4H6N2.2BF4.BrH.Li/c2*1-3-4-5-6-11-8-7-10(2)9-11;1-2-3-4-5-6;1-6-3-2-5-4-6;2*2-1(3,4)5;;/h2*7-8H,3-6,9H2,1-2H3;2-5H2,1H3;2-4H,1H3;;;1H;/q;;;;2*-1;;+1/p-1. The van der Waals surface area contributed by atoms with Crippen LogP contribution in [0.15, 0.2) is 43.5 Å². The second kappa shape index (κ2) is 35.3. The molecule has 3 heterocycles. The fourth-order valence-corrected chi connectivity index (χ4v) is 3.66. The second-order valence-corrected chi connectivity index (χ2v) is 10.8. The van der Waals surface area contributed by atoms with Gasteiger partial charge in [0.25, 0.3) is 0 Å². The van der Waals surface area contributed by atoms with Crippen LogP contribution in [0, 0.1) is 0 Å². The smallest absolute Gasteiger partial charge is 1.00 e. The van der Waals surface area contributed by atoms with Crippen molar-refractivity contribution in [2.45, 2.75) is 78.6 Å². The van der Waals surface area contributed by atoms with E-state index in [2.05, 4.69) is 100 Å². The summed E-state index contributed by atoms with van der Waals surface area (Å²) in [6.07, 6.45) is 26.0. The zero-order valence-corrected chi connectivity index (χ0v) is 31.7. The minimum absolute atomic E-state index is 0. The Morgan fingerprint density at radius 1 is 0.630 bits per heavy atom. The van der Waals surface area contributed by atoms with E-state index in [0.29, 0.717) is 0 Å². The average Bonchev–Trinajstić information content (AvgIpc) is 3.65. The van der Waals surface area contributed by atoms with Crippen LogP contribution < -0.4 is 35.8 Å². The van der Waals surface area contributed by atoms with E-state index in [0.717, 1.165) is 13.3 Å². The van der Waals surface area contributed by atoms with E-state index >= 15 is 0 Å². The SMILES string of the molecule is CCCCCBr.CCCCCN1C=CN(C)C1.CCCCCN1C=CN(C)C1.Cn1ccnc1.F[B-](F)(F)F.F[B-](F)(F)F.[Br-].[Li+]. The normalized spacial score (nSPS) is 12.8. The Morgan fingerprint density at radius 3 is 1.15 bits per heavy atom.